The van der Waals surface area contributed by atoms with Crippen molar-refractivity contribution in [2.75, 3.05) is 17.2 Å². The molecule has 3 rings (SSSR count). The number of nitrogens with zero attached hydrogens (tertiary/aromatic N) is 2. The third-order valence-corrected chi connectivity index (χ3v) is 5.08. The fourth-order valence-electron chi connectivity index (χ4n) is 2.88. The van der Waals surface area contributed by atoms with Crippen molar-refractivity contribution in [2.45, 2.75) is 37.0 Å². The maximum Gasteiger partial charge on any atom is 0.227 e. The van der Waals surface area contributed by atoms with E-state index in [0.717, 1.165) is 23.5 Å². The number of rotatable bonds is 4. The van der Waals surface area contributed by atoms with Crippen molar-refractivity contribution in [3.8, 4) is 6.07 Å². The van der Waals surface area contributed by atoms with Crippen LogP contribution in [0.15, 0.2) is 23.1 Å². The Morgan fingerprint density at radius 2 is 2.20 bits per heavy atom. The molecule has 0 bridgehead atoms. The van der Waals surface area contributed by atoms with Gasteiger partial charge in [0.25, 0.3) is 0 Å². The third kappa shape index (κ3) is 2.69. The highest BCUT2D eigenvalue weighted by atomic mass is 32.2. The summed E-state index contributed by atoms with van der Waals surface area (Å²) in [4.78, 5) is 15.3. The molecule has 2 aliphatic rings. The van der Waals surface area contributed by atoms with Crippen LogP contribution < -0.4 is 4.90 Å². The number of benzene rings is 1. The van der Waals surface area contributed by atoms with E-state index in [2.05, 4.69) is 18.2 Å². The van der Waals surface area contributed by atoms with E-state index in [9.17, 15) is 4.79 Å². The molecule has 1 aliphatic heterocycles. The van der Waals surface area contributed by atoms with Gasteiger partial charge in [-0.3, -0.25) is 4.79 Å². The predicted octanol–water partition coefficient (Wildman–Crippen LogP) is 3.38. The molecule has 4 heteroatoms. The first kappa shape index (κ1) is 13.5. The summed E-state index contributed by atoms with van der Waals surface area (Å²) in [5.41, 5.74) is 2.35. The standard InChI is InChI=1S/C16H18N2OS/c17-8-9-20-14-5-6-15-13(10-14)4-7-16(19)18(15)11-12-2-1-3-12/h5-6,10,12H,1-4,7,9,11H2. The lowest BCUT2D eigenvalue weighted by molar-refractivity contribution is -0.119. The van der Waals surface area contributed by atoms with Crippen molar-refractivity contribution >= 4 is 23.4 Å². The highest BCUT2D eigenvalue weighted by Gasteiger charge is 2.28. The molecule has 0 unspecified atom stereocenters. The molecule has 0 spiro atoms. The molecule has 0 aromatic heterocycles. The summed E-state index contributed by atoms with van der Waals surface area (Å²) in [7, 11) is 0. The summed E-state index contributed by atoms with van der Waals surface area (Å²) < 4.78 is 0. The lowest BCUT2D eigenvalue weighted by Gasteiger charge is -2.35. The van der Waals surface area contributed by atoms with Gasteiger partial charge in [0.1, 0.15) is 0 Å². The van der Waals surface area contributed by atoms with Crippen LogP contribution in [0.25, 0.3) is 0 Å². The summed E-state index contributed by atoms with van der Waals surface area (Å²) in [6, 6.07) is 8.40. The lowest BCUT2D eigenvalue weighted by atomic mass is 9.84. The molecule has 1 aliphatic carbocycles. The van der Waals surface area contributed by atoms with Crippen LogP contribution in [0.1, 0.15) is 31.2 Å². The second-order valence-electron chi connectivity index (χ2n) is 5.54. The van der Waals surface area contributed by atoms with Gasteiger partial charge < -0.3 is 4.90 Å². The molecule has 0 N–H and O–H groups in total. The second kappa shape index (κ2) is 5.88. The minimum Gasteiger partial charge on any atom is -0.312 e. The average molecular weight is 286 g/mol. The number of carbonyl (C=O) groups excluding carboxylic acids is 1. The molecular weight excluding hydrogens is 268 g/mol. The van der Waals surface area contributed by atoms with Gasteiger partial charge in [0, 0.05) is 23.5 Å². The van der Waals surface area contributed by atoms with Crippen molar-refractivity contribution in [1.29, 1.82) is 5.26 Å². The Bertz CT molecular complexity index is 560. The number of thioether (sulfide) groups is 1. The summed E-state index contributed by atoms with van der Waals surface area (Å²) in [6.45, 7) is 0.885. The van der Waals surface area contributed by atoms with E-state index < -0.39 is 0 Å². The van der Waals surface area contributed by atoms with E-state index >= 15 is 0 Å². The second-order valence-corrected chi connectivity index (χ2v) is 6.59. The van der Waals surface area contributed by atoms with E-state index in [1.54, 1.807) is 11.8 Å². The highest BCUT2D eigenvalue weighted by Crippen LogP contribution is 2.35. The molecule has 3 nitrogen and oxygen atoms in total. The van der Waals surface area contributed by atoms with Crippen LogP contribution in [0.5, 0.6) is 0 Å². The molecule has 1 aromatic carbocycles. The van der Waals surface area contributed by atoms with Gasteiger partial charge in [-0.05, 0) is 48.9 Å². The van der Waals surface area contributed by atoms with Crippen LogP contribution >= 0.6 is 11.8 Å². The zero-order valence-electron chi connectivity index (χ0n) is 11.5. The normalized spacial score (nSPS) is 18.4. The third-order valence-electron chi connectivity index (χ3n) is 4.22. The molecule has 0 radical (unpaired) electrons. The maximum absolute atomic E-state index is 12.2. The molecule has 20 heavy (non-hydrogen) atoms. The minimum absolute atomic E-state index is 0.266. The number of hydrogen-bond donors (Lipinski definition) is 0. The SMILES string of the molecule is N#CCSc1ccc2c(c1)CCC(=O)N2CC1CCC1. The first-order valence-electron chi connectivity index (χ1n) is 7.21. The highest BCUT2D eigenvalue weighted by molar-refractivity contribution is 7.99. The van der Waals surface area contributed by atoms with Crippen LogP contribution in [0.3, 0.4) is 0 Å². The van der Waals surface area contributed by atoms with E-state index in [0.29, 0.717) is 18.1 Å². The van der Waals surface area contributed by atoms with Crippen LogP contribution in [0.2, 0.25) is 0 Å². The van der Waals surface area contributed by atoms with Gasteiger partial charge in [-0.2, -0.15) is 5.26 Å². The largest absolute Gasteiger partial charge is 0.312 e. The molecule has 1 fully saturated rings. The Hall–Kier alpha value is -1.47. The quantitative estimate of drug-likeness (QED) is 0.797. The van der Waals surface area contributed by atoms with Crippen molar-refractivity contribution < 1.29 is 4.79 Å². The van der Waals surface area contributed by atoms with Gasteiger partial charge >= 0.3 is 0 Å². The van der Waals surface area contributed by atoms with E-state index in [1.807, 2.05) is 11.0 Å². The summed E-state index contributed by atoms with van der Waals surface area (Å²) in [5, 5.41) is 8.65. The van der Waals surface area contributed by atoms with Crippen LogP contribution in [0, 0.1) is 17.2 Å². The zero-order valence-corrected chi connectivity index (χ0v) is 12.3. The molecule has 1 heterocycles. The van der Waals surface area contributed by atoms with E-state index in [1.165, 1.54) is 24.8 Å². The van der Waals surface area contributed by atoms with Crippen molar-refractivity contribution in [1.82, 2.24) is 0 Å². The van der Waals surface area contributed by atoms with Crippen LogP contribution in [-0.2, 0) is 11.2 Å². The van der Waals surface area contributed by atoms with Crippen molar-refractivity contribution in [3.63, 3.8) is 0 Å². The van der Waals surface area contributed by atoms with Gasteiger partial charge in [0.15, 0.2) is 0 Å². The number of carbonyl (C=O) groups is 1. The number of hydrogen-bond acceptors (Lipinski definition) is 3. The summed E-state index contributed by atoms with van der Waals surface area (Å²) >= 11 is 1.56. The van der Waals surface area contributed by atoms with Crippen LogP contribution in [0.4, 0.5) is 5.69 Å². The first-order valence-corrected chi connectivity index (χ1v) is 8.19. The molecule has 1 saturated carbocycles. The van der Waals surface area contributed by atoms with Gasteiger partial charge in [0.2, 0.25) is 5.91 Å². The molecule has 1 amide bonds. The van der Waals surface area contributed by atoms with E-state index in [4.69, 9.17) is 5.26 Å². The van der Waals surface area contributed by atoms with Gasteiger partial charge in [-0.15, -0.1) is 11.8 Å². The number of amides is 1. The van der Waals surface area contributed by atoms with Gasteiger partial charge in [-0.1, -0.05) is 6.42 Å². The molecule has 0 saturated heterocycles. The van der Waals surface area contributed by atoms with Crippen molar-refractivity contribution in [3.05, 3.63) is 23.8 Å². The molecule has 0 atom stereocenters. The van der Waals surface area contributed by atoms with Gasteiger partial charge in [-0.25, -0.2) is 0 Å². The van der Waals surface area contributed by atoms with E-state index in [-0.39, 0.29) is 5.91 Å². The summed E-state index contributed by atoms with van der Waals surface area (Å²) in [5.74, 6) is 1.43. The van der Waals surface area contributed by atoms with Gasteiger partial charge in [0.05, 0.1) is 11.8 Å². The number of aryl methyl sites for hydroxylation is 1. The maximum atomic E-state index is 12.2. The fourth-order valence-corrected chi connectivity index (χ4v) is 3.50. The number of nitriles is 1. The Labute approximate surface area is 124 Å². The molecule has 1 aromatic rings. The smallest absolute Gasteiger partial charge is 0.227 e. The monoisotopic (exact) mass is 286 g/mol. The average Bonchev–Trinajstić information content (AvgIpc) is 2.42. The molecular formula is C16H18N2OS. The van der Waals surface area contributed by atoms with Crippen LogP contribution in [-0.4, -0.2) is 18.2 Å². The first-order chi connectivity index (χ1) is 9.78. The fraction of sp³-hybridized carbons (Fsp3) is 0.500. The summed E-state index contributed by atoms with van der Waals surface area (Å²) in [6.07, 6.45) is 5.27. The Morgan fingerprint density at radius 1 is 1.35 bits per heavy atom. The molecule has 104 valence electrons. The van der Waals surface area contributed by atoms with Crippen molar-refractivity contribution in [2.24, 2.45) is 5.92 Å². The zero-order chi connectivity index (χ0) is 13.9. The predicted molar refractivity (Wildman–Crippen MR) is 80.8 cm³/mol. The lowest BCUT2D eigenvalue weighted by Crippen LogP contribution is -2.40. The Kier molecular flexibility index (Phi) is 3.98. The topological polar surface area (TPSA) is 44.1 Å². The Morgan fingerprint density at radius 3 is 2.90 bits per heavy atom. The number of fused-ring (bicyclic) bond motifs is 1. The number of anilines is 1. The minimum atomic E-state index is 0.266. The Balaban J connectivity index is 1.81.